The molecule has 1 aliphatic heterocycles. The van der Waals surface area contributed by atoms with E-state index in [0.717, 1.165) is 18.4 Å². The minimum absolute atomic E-state index is 0.437. The van der Waals surface area contributed by atoms with Crippen LogP contribution in [0.5, 0.6) is 0 Å². The average molecular weight is 440 g/mol. The Morgan fingerprint density at radius 2 is 1.46 bits per heavy atom. The van der Waals surface area contributed by atoms with Gasteiger partial charge in [-0.05, 0) is 62.8 Å². The first kappa shape index (κ1) is 20.0. The number of allylic oxidation sites excluding steroid dienone is 1. The van der Waals surface area contributed by atoms with Crippen molar-refractivity contribution in [3.05, 3.63) is 47.5 Å². The summed E-state index contributed by atoms with van der Waals surface area (Å²) in [5.41, 5.74) is 2.91. The van der Waals surface area contributed by atoms with Gasteiger partial charge in [0.25, 0.3) is 0 Å². The van der Waals surface area contributed by atoms with E-state index < -0.39 is 0 Å². The van der Waals surface area contributed by atoms with Crippen molar-refractivity contribution < 1.29 is 4.74 Å². The monoisotopic (exact) mass is 440 g/mol. The zero-order valence-electron chi connectivity index (χ0n) is 15.5. The molecule has 24 heavy (non-hydrogen) atoms. The number of aryl methyl sites for hydroxylation is 1. The van der Waals surface area contributed by atoms with Gasteiger partial charge in [0.2, 0.25) is 0 Å². The summed E-state index contributed by atoms with van der Waals surface area (Å²) in [5.74, 6) is 2.22. The van der Waals surface area contributed by atoms with Crippen molar-refractivity contribution in [1.29, 1.82) is 0 Å². The second-order valence-corrected chi connectivity index (χ2v) is 8.38. The van der Waals surface area contributed by atoms with Crippen molar-refractivity contribution in [3.8, 4) is 0 Å². The molecule has 2 unspecified atom stereocenters. The lowest BCUT2D eigenvalue weighted by molar-refractivity contribution is 0.0583. The normalized spacial score (nSPS) is 30.7. The van der Waals surface area contributed by atoms with Crippen LogP contribution in [0.25, 0.3) is 0 Å². The molecular formula is C22H33IO. The Morgan fingerprint density at radius 1 is 0.875 bits per heavy atom. The van der Waals surface area contributed by atoms with Gasteiger partial charge in [0.15, 0.2) is 0 Å². The van der Waals surface area contributed by atoms with E-state index in [1.54, 1.807) is 5.56 Å². The lowest BCUT2D eigenvalue weighted by Crippen LogP contribution is -2.20. The highest BCUT2D eigenvalue weighted by atomic mass is 127. The number of hydrogen-bond acceptors (Lipinski definition) is 1. The number of hydrogen-bond donors (Lipinski definition) is 0. The molecule has 1 saturated heterocycles. The molecular weight excluding hydrogens is 407 g/mol. The summed E-state index contributed by atoms with van der Waals surface area (Å²) in [7, 11) is 0. The Bertz CT molecular complexity index is 477. The quantitative estimate of drug-likeness (QED) is 0.278. The SMILES string of the molecule is CC.Cc1ccc(C2CCC(/C=C/C3CCC(I)OC3)CC2)cc1. The predicted octanol–water partition coefficient (Wildman–Crippen LogP) is 7.04. The number of alkyl halides is 1. The summed E-state index contributed by atoms with van der Waals surface area (Å²) in [5, 5.41) is 0. The van der Waals surface area contributed by atoms with Crippen LogP contribution >= 0.6 is 22.6 Å². The van der Waals surface area contributed by atoms with Crippen molar-refractivity contribution >= 4 is 22.6 Å². The van der Waals surface area contributed by atoms with Crippen molar-refractivity contribution in [3.63, 3.8) is 0 Å². The Labute approximate surface area is 162 Å². The molecule has 0 spiro atoms. The number of benzene rings is 1. The van der Waals surface area contributed by atoms with Crippen LogP contribution in [0.4, 0.5) is 0 Å². The summed E-state index contributed by atoms with van der Waals surface area (Å²) < 4.78 is 6.19. The highest BCUT2D eigenvalue weighted by Gasteiger charge is 2.22. The molecule has 134 valence electrons. The van der Waals surface area contributed by atoms with Gasteiger partial charge in [0.05, 0.1) is 6.61 Å². The van der Waals surface area contributed by atoms with Crippen molar-refractivity contribution in [1.82, 2.24) is 0 Å². The molecule has 1 heterocycles. The van der Waals surface area contributed by atoms with Crippen LogP contribution in [0.15, 0.2) is 36.4 Å². The molecule has 0 radical (unpaired) electrons. The van der Waals surface area contributed by atoms with E-state index in [9.17, 15) is 0 Å². The molecule has 0 N–H and O–H groups in total. The fraction of sp³-hybridized carbons (Fsp3) is 0.636. The maximum absolute atomic E-state index is 5.75. The number of ether oxygens (including phenoxy) is 1. The van der Waals surface area contributed by atoms with Gasteiger partial charge in [-0.1, -0.05) is 78.4 Å². The Hall–Kier alpha value is -0.350. The molecule has 2 heteroatoms. The molecule has 1 aliphatic carbocycles. The molecule has 0 aromatic heterocycles. The van der Waals surface area contributed by atoms with Crippen LogP contribution in [0, 0.1) is 18.8 Å². The average Bonchev–Trinajstić information content (AvgIpc) is 2.64. The van der Waals surface area contributed by atoms with E-state index in [1.807, 2.05) is 13.8 Å². The summed E-state index contributed by atoms with van der Waals surface area (Å²) in [4.78, 5) is 0. The van der Waals surface area contributed by atoms with Crippen LogP contribution in [0.3, 0.4) is 0 Å². The Morgan fingerprint density at radius 3 is 2.04 bits per heavy atom. The maximum Gasteiger partial charge on any atom is 0.108 e. The van der Waals surface area contributed by atoms with Crippen LogP contribution in [0.1, 0.15) is 69.4 Å². The first-order chi connectivity index (χ1) is 11.7. The van der Waals surface area contributed by atoms with Crippen molar-refractivity contribution in [2.24, 2.45) is 11.8 Å². The molecule has 3 rings (SSSR count). The highest BCUT2D eigenvalue weighted by Crippen LogP contribution is 2.36. The largest absolute Gasteiger partial charge is 0.367 e. The first-order valence-electron chi connectivity index (χ1n) is 9.71. The van der Waals surface area contributed by atoms with Gasteiger partial charge in [0.1, 0.15) is 4.11 Å². The van der Waals surface area contributed by atoms with E-state index in [0.29, 0.717) is 10.0 Å². The lowest BCUT2D eigenvalue weighted by atomic mass is 9.78. The number of rotatable bonds is 3. The van der Waals surface area contributed by atoms with E-state index in [4.69, 9.17) is 4.74 Å². The lowest BCUT2D eigenvalue weighted by Gasteiger charge is -2.28. The fourth-order valence-corrected chi connectivity index (χ4v) is 4.26. The standard InChI is InChI=1S/C20H27IO.C2H6/c1-15-2-9-18(10-3-15)19-11-6-16(7-12-19)4-5-17-8-13-20(21)22-14-17;1-2/h2-5,9-10,16-17,19-20H,6-8,11-14H2,1H3;1-2H3/b5-4+;. The molecule has 0 amide bonds. The summed E-state index contributed by atoms with van der Waals surface area (Å²) in [6.07, 6.45) is 12.8. The van der Waals surface area contributed by atoms with Crippen LogP contribution < -0.4 is 0 Å². The predicted molar refractivity (Wildman–Crippen MR) is 113 cm³/mol. The van der Waals surface area contributed by atoms with E-state index in [2.05, 4.69) is 65.9 Å². The van der Waals surface area contributed by atoms with Crippen molar-refractivity contribution in [2.75, 3.05) is 6.61 Å². The third-order valence-electron chi connectivity index (χ3n) is 5.23. The Balaban J connectivity index is 0.00000100. The van der Waals surface area contributed by atoms with E-state index >= 15 is 0 Å². The van der Waals surface area contributed by atoms with Gasteiger partial charge >= 0.3 is 0 Å². The minimum atomic E-state index is 0.437. The van der Waals surface area contributed by atoms with Gasteiger partial charge in [-0.15, -0.1) is 0 Å². The summed E-state index contributed by atoms with van der Waals surface area (Å²) in [6.45, 7) is 7.09. The second-order valence-electron chi connectivity index (χ2n) is 6.99. The zero-order valence-corrected chi connectivity index (χ0v) is 17.7. The topological polar surface area (TPSA) is 9.23 Å². The summed E-state index contributed by atoms with van der Waals surface area (Å²) in [6, 6.07) is 9.17. The smallest absolute Gasteiger partial charge is 0.108 e. The fourth-order valence-electron chi connectivity index (χ4n) is 3.69. The van der Waals surface area contributed by atoms with E-state index in [-0.39, 0.29) is 0 Å². The van der Waals surface area contributed by atoms with Crippen LogP contribution in [-0.4, -0.2) is 10.7 Å². The molecule has 2 aliphatic rings. The van der Waals surface area contributed by atoms with E-state index in [1.165, 1.54) is 44.1 Å². The first-order valence-corrected chi connectivity index (χ1v) is 11.0. The molecule has 0 bridgehead atoms. The summed E-state index contributed by atoms with van der Waals surface area (Å²) >= 11 is 2.40. The third kappa shape index (κ3) is 6.18. The maximum atomic E-state index is 5.75. The molecule has 2 atom stereocenters. The van der Waals surface area contributed by atoms with Crippen LogP contribution in [-0.2, 0) is 4.74 Å². The van der Waals surface area contributed by atoms with Gasteiger partial charge in [-0.3, -0.25) is 0 Å². The molecule has 1 nitrogen and oxygen atoms in total. The molecule has 1 saturated carbocycles. The molecule has 1 aromatic carbocycles. The third-order valence-corrected chi connectivity index (χ3v) is 6.21. The van der Waals surface area contributed by atoms with Gasteiger partial charge < -0.3 is 4.74 Å². The van der Waals surface area contributed by atoms with Crippen LogP contribution in [0.2, 0.25) is 0 Å². The highest BCUT2D eigenvalue weighted by molar-refractivity contribution is 14.1. The molecule has 1 aromatic rings. The number of halogens is 1. The Kier molecular flexibility index (Phi) is 8.82. The zero-order chi connectivity index (χ0) is 17.4. The second kappa shape index (κ2) is 10.6. The van der Waals surface area contributed by atoms with Gasteiger partial charge in [-0.2, -0.15) is 0 Å². The van der Waals surface area contributed by atoms with Gasteiger partial charge in [-0.25, -0.2) is 0 Å². The minimum Gasteiger partial charge on any atom is -0.367 e. The van der Waals surface area contributed by atoms with Crippen molar-refractivity contribution in [2.45, 2.75) is 69.3 Å². The molecule has 2 fully saturated rings. The van der Waals surface area contributed by atoms with Gasteiger partial charge in [0, 0.05) is 5.92 Å².